The quantitative estimate of drug-likeness (QED) is 0.143. The van der Waals surface area contributed by atoms with E-state index in [4.69, 9.17) is 17.0 Å². The number of carbonyl (C=O) groups excluding carboxylic acids is 6. The van der Waals surface area contributed by atoms with E-state index in [1.54, 1.807) is 20.8 Å². The number of Topliss-reactive ketones (excluding diaryl/α,β-unsaturated/α-hetero) is 3. The number of rotatable bonds is 22. The fraction of sp³-hybridized carbons (Fsp3) is 0.727. The zero-order chi connectivity index (χ0) is 25.3. The van der Waals surface area contributed by atoms with Crippen molar-refractivity contribution in [2.75, 3.05) is 46.2 Å². The van der Waals surface area contributed by atoms with Gasteiger partial charge in [-0.3, -0.25) is 0 Å². The molecule has 0 aliphatic rings. The Kier molecular flexibility index (Phi) is 17.4. The van der Waals surface area contributed by atoms with E-state index in [1.165, 1.54) is 0 Å². The van der Waals surface area contributed by atoms with Crippen molar-refractivity contribution >= 4 is 27.8 Å². The summed E-state index contributed by atoms with van der Waals surface area (Å²) in [7, 11) is 0. The molecule has 0 atom stereocenters. The van der Waals surface area contributed by atoms with Gasteiger partial charge in [-0.1, -0.05) is 0 Å². The van der Waals surface area contributed by atoms with Crippen molar-refractivity contribution in [3.8, 4) is 0 Å². The van der Waals surface area contributed by atoms with Gasteiger partial charge in [0, 0.05) is 0 Å². The first-order valence-corrected chi connectivity index (χ1v) is 15.9. The number of ketones is 3. The molecule has 0 unspecified atom stereocenters. The summed E-state index contributed by atoms with van der Waals surface area (Å²) in [5, 5.41) is 0. The summed E-state index contributed by atoms with van der Waals surface area (Å²) < 4.78 is 18.1. The molecule has 11 heteroatoms. The van der Waals surface area contributed by atoms with Gasteiger partial charge >= 0.3 is 200 Å². The van der Waals surface area contributed by atoms with Gasteiger partial charge in [-0.05, 0) is 0 Å². The Morgan fingerprint density at radius 2 is 0.909 bits per heavy atom. The molecule has 0 heterocycles. The van der Waals surface area contributed by atoms with Gasteiger partial charge in [-0.2, -0.15) is 0 Å². The Bertz CT molecular complexity index is 605. The number of hydrogen-bond donors (Lipinski definition) is 0. The van der Waals surface area contributed by atoms with Crippen molar-refractivity contribution in [2.24, 2.45) is 0 Å². The van der Waals surface area contributed by atoms with Crippen LogP contribution in [0, 0.1) is 0 Å². The maximum atomic E-state index is 13.3. The fourth-order valence-electron chi connectivity index (χ4n) is 2.79. The Hall–Kier alpha value is -1.26. The molecular weight excluding hydrogens is 515 g/mol. The first-order chi connectivity index (χ1) is 15.7. The zero-order valence-corrected chi connectivity index (χ0v) is 22.5. The van der Waals surface area contributed by atoms with Crippen LogP contribution in [0.5, 0.6) is 0 Å². The van der Waals surface area contributed by atoms with Crippen LogP contribution < -0.4 is 0 Å². The van der Waals surface area contributed by atoms with E-state index in [2.05, 4.69) is 0 Å². The predicted molar refractivity (Wildman–Crippen MR) is 114 cm³/mol. The van der Waals surface area contributed by atoms with E-state index in [9.17, 15) is 28.8 Å². The molecule has 0 fully saturated rings. The molecule has 0 saturated heterocycles. The van der Waals surface area contributed by atoms with Gasteiger partial charge < -0.3 is 0 Å². The Morgan fingerprint density at radius 1 is 0.576 bits per heavy atom. The number of unbranched alkanes of at least 4 members (excludes halogenated alkanes) is 1. The van der Waals surface area contributed by atoms with Crippen LogP contribution in [0.4, 0.5) is 0 Å². The van der Waals surface area contributed by atoms with Crippen LogP contribution >= 0.6 is 0 Å². The Morgan fingerprint density at radius 3 is 1.18 bits per heavy atom. The first kappa shape index (κ1) is 31.7. The molecule has 0 aromatic carbocycles. The molecule has 0 aromatic rings. The minimum atomic E-state index is -5.70. The van der Waals surface area contributed by atoms with Gasteiger partial charge in [0.1, 0.15) is 0 Å². The van der Waals surface area contributed by atoms with Crippen molar-refractivity contribution in [3.63, 3.8) is 0 Å². The Labute approximate surface area is 200 Å². The van der Waals surface area contributed by atoms with Crippen molar-refractivity contribution in [1.82, 2.24) is 0 Å². The third-order valence-corrected chi connectivity index (χ3v) is 13.1. The number of ether oxygens (including phenoxy) is 3. The molecule has 0 N–H and O–H groups in total. The molecule has 0 rings (SSSR count). The van der Waals surface area contributed by atoms with Crippen LogP contribution in [0.1, 0.15) is 59.8 Å². The summed E-state index contributed by atoms with van der Waals surface area (Å²) in [4.78, 5) is 76.4. The molecule has 0 bridgehead atoms. The van der Waals surface area contributed by atoms with Crippen molar-refractivity contribution in [2.45, 2.75) is 59.8 Å². The molecular formula is C22H36O10Zr. The van der Waals surface area contributed by atoms with Crippen LogP contribution in [0.3, 0.4) is 0 Å². The standard InChI is InChI=1S/3C6H9O3.C4H9O.Zr/c3*1-2-9-5-6(8)3-4-7;1-2-3-4-5;/h3*2-3,5H2,1H3;2-4H2,1H3;/q;;;-1;+1. The van der Waals surface area contributed by atoms with Crippen LogP contribution in [0.25, 0.3) is 0 Å². The van der Waals surface area contributed by atoms with Crippen LogP contribution in [-0.2, 0) is 66.5 Å². The van der Waals surface area contributed by atoms with Gasteiger partial charge in [0.05, 0.1) is 0 Å². The molecule has 0 radical (unpaired) electrons. The minimum absolute atomic E-state index is 0.0608. The van der Waals surface area contributed by atoms with Crippen molar-refractivity contribution in [1.29, 1.82) is 0 Å². The molecule has 0 saturated carbocycles. The van der Waals surface area contributed by atoms with Gasteiger partial charge in [-0.15, -0.1) is 0 Å². The molecule has 0 aromatic heterocycles. The van der Waals surface area contributed by atoms with Gasteiger partial charge in [0.25, 0.3) is 0 Å². The van der Waals surface area contributed by atoms with Crippen LogP contribution in [-0.4, -0.2) is 74.1 Å². The van der Waals surface area contributed by atoms with Gasteiger partial charge in [-0.25, -0.2) is 0 Å². The monoisotopic (exact) mass is 550 g/mol. The second-order valence-electron chi connectivity index (χ2n) is 7.21. The van der Waals surface area contributed by atoms with Crippen LogP contribution in [0.2, 0.25) is 0 Å². The fourth-order valence-corrected chi connectivity index (χ4v) is 10.7. The van der Waals surface area contributed by atoms with E-state index in [0.717, 1.165) is 0 Å². The second-order valence-corrected chi connectivity index (χ2v) is 15.4. The third kappa shape index (κ3) is 11.6. The summed E-state index contributed by atoms with van der Waals surface area (Å²) in [5.41, 5.74) is 0. The molecule has 188 valence electrons. The third-order valence-electron chi connectivity index (χ3n) is 4.47. The van der Waals surface area contributed by atoms with Crippen LogP contribution in [0.15, 0.2) is 0 Å². The van der Waals surface area contributed by atoms with E-state index in [-0.39, 0.29) is 46.2 Å². The summed E-state index contributed by atoms with van der Waals surface area (Å²) in [6.07, 6.45) is -1.05. The van der Waals surface area contributed by atoms with E-state index in [0.29, 0.717) is 12.8 Å². The van der Waals surface area contributed by atoms with Crippen molar-refractivity contribution < 1.29 is 66.5 Å². The molecule has 0 aliphatic carbocycles. The molecule has 0 spiro atoms. The summed E-state index contributed by atoms with van der Waals surface area (Å²) in [5.74, 6) is -1.82. The second kappa shape index (κ2) is 18.1. The molecule has 10 nitrogen and oxygen atoms in total. The van der Waals surface area contributed by atoms with E-state index < -0.39 is 67.8 Å². The first-order valence-electron chi connectivity index (χ1n) is 11.2. The zero-order valence-electron chi connectivity index (χ0n) is 20.1. The average Bonchev–Trinajstić information content (AvgIpc) is 2.77. The number of carbonyl (C=O) groups is 6. The predicted octanol–water partition coefficient (Wildman–Crippen LogP) is 1.44. The molecule has 0 aliphatic heterocycles. The SMILES string of the molecule is CCCC[O][Zr]([C](=O)CC(=O)COCC)([C](=O)CC(=O)COCC)[C](=O)CC(=O)COCC. The summed E-state index contributed by atoms with van der Waals surface area (Å²) in [6.45, 7) is 6.50. The average molecular weight is 552 g/mol. The van der Waals surface area contributed by atoms with Crippen molar-refractivity contribution in [3.05, 3.63) is 0 Å². The topological polar surface area (TPSA) is 139 Å². The summed E-state index contributed by atoms with van der Waals surface area (Å²) >= 11 is -5.70. The molecule has 33 heavy (non-hydrogen) atoms. The molecule has 0 amide bonds. The van der Waals surface area contributed by atoms with E-state index >= 15 is 0 Å². The normalized spacial score (nSPS) is 11.3. The van der Waals surface area contributed by atoms with Gasteiger partial charge in [0.2, 0.25) is 0 Å². The van der Waals surface area contributed by atoms with E-state index in [1.807, 2.05) is 6.92 Å². The maximum absolute atomic E-state index is 13.3. The Balaban J connectivity index is 6.05. The summed E-state index contributed by atoms with van der Waals surface area (Å²) in [6, 6.07) is 0. The van der Waals surface area contributed by atoms with Gasteiger partial charge in [0.15, 0.2) is 0 Å². The number of hydrogen-bond acceptors (Lipinski definition) is 10.